The minimum Gasteiger partial charge on any atom is -0.455 e. The van der Waals surface area contributed by atoms with Gasteiger partial charge in [-0.05, 0) is 43.7 Å². The fourth-order valence-corrected chi connectivity index (χ4v) is 3.18. The summed E-state index contributed by atoms with van der Waals surface area (Å²) in [6.45, 7) is 1.75. The lowest BCUT2D eigenvalue weighted by Gasteiger charge is -2.16. The third kappa shape index (κ3) is 4.51. The van der Waals surface area contributed by atoms with Crippen LogP contribution in [0.1, 0.15) is 37.3 Å². The molecule has 0 unspecified atom stereocenters. The molecule has 1 fully saturated rings. The Morgan fingerprint density at radius 2 is 1.65 bits per heavy atom. The number of hydrogen-bond acceptors (Lipinski definition) is 3. The molecule has 4 nitrogen and oxygen atoms in total. The van der Waals surface area contributed by atoms with Gasteiger partial charge in [-0.25, -0.2) is 0 Å². The van der Waals surface area contributed by atoms with Crippen LogP contribution in [-0.2, 0) is 26.2 Å². The summed E-state index contributed by atoms with van der Waals surface area (Å²) in [5.41, 5.74) is 1.68. The Balaban J connectivity index is 1.42. The van der Waals surface area contributed by atoms with E-state index in [1.807, 2.05) is 55.5 Å². The molecule has 0 bridgehead atoms. The van der Waals surface area contributed by atoms with Crippen molar-refractivity contribution in [3.63, 3.8) is 0 Å². The van der Waals surface area contributed by atoms with Gasteiger partial charge in [0.2, 0.25) is 0 Å². The highest BCUT2D eigenvalue weighted by Crippen LogP contribution is 2.49. The van der Waals surface area contributed by atoms with Crippen LogP contribution in [0.2, 0.25) is 0 Å². The predicted octanol–water partition coefficient (Wildman–Crippen LogP) is 3.40. The van der Waals surface area contributed by atoms with E-state index >= 15 is 0 Å². The first-order valence-corrected chi connectivity index (χ1v) is 9.16. The molecule has 4 heteroatoms. The smallest absolute Gasteiger partial charge is 0.317 e. The SMILES string of the molecule is C[C@H](CCc1ccccc1)NC(=O)COC(=O)C1(c2ccccc2)CC1. The molecule has 0 radical (unpaired) electrons. The molecule has 1 aliphatic rings. The van der Waals surface area contributed by atoms with Crippen molar-refractivity contribution in [2.75, 3.05) is 6.61 Å². The number of esters is 1. The second-order valence-electron chi connectivity index (χ2n) is 7.02. The van der Waals surface area contributed by atoms with Gasteiger partial charge in [0.25, 0.3) is 5.91 Å². The minimum atomic E-state index is -0.541. The van der Waals surface area contributed by atoms with Crippen molar-refractivity contribution in [2.45, 2.75) is 44.1 Å². The van der Waals surface area contributed by atoms with Crippen molar-refractivity contribution in [1.82, 2.24) is 5.32 Å². The lowest BCUT2D eigenvalue weighted by molar-refractivity contribution is -0.151. The van der Waals surface area contributed by atoms with Crippen molar-refractivity contribution in [3.05, 3.63) is 71.8 Å². The number of amides is 1. The van der Waals surface area contributed by atoms with Crippen LogP contribution >= 0.6 is 0 Å². The van der Waals surface area contributed by atoms with E-state index in [9.17, 15) is 9.59 Å². The van der Waals surface area contributed by atoms with Gasteiger partial charge in [0.15, 0.2) is 6.61 Å². The van der Waals surface area contributed by atoms with E-state index < -0.39 is 5.41 Å². The maximum Gasteiger partial charge on any atom is 0.317 e. The molecular formula is C22H25NO3. The van der Waals surface area contributed by atoms with Crippen LogP contribution in [0.15, 0.2) is 60.7 Å². The van der Waals surface area contributed by atoms with E-state index in [0.29, 0.717) is 0 Å². The summed E-state index contributed by atoms with van der Waals surface area (Å²) in [4.78, 5) is 24.5. The zero-order valence-electron chi connectivity index (χ0n) is 15.1. The summed E-state index contributed by atoms with van der Waals surface area (Å²) in [6, 6.07) is 19.9. The molecule has 1 N–H and O–H groups in total. The molecule has 0 heterocycles. The van der Waals surface area contributed by atoms with Crippen LogP contribution in [0.3, 0.4) is 0 Å². The molecule has 1 aliphatic carbocycles. The third-order valence-corrected chi connectivity index (χ3v) is 4.92. The van der Waals surface area contributed by atoms with Gasteiger partial charge < -0.3 is 10.1 Å². The van der Waals surface area contributed by atoms with Gasteiger partial charge >= 0.3 is 5.97 Å². The first-order chi connectivity index (χ1) is 12.6. The molecule has 2 aromatic carbocycles. The van der Waals surface area contributed by atoms with E-state index in [4.69, 9.17) is 4.74 Å². The Kier molecular flexibility index (Phi) is 5.71. The highest BCUT2D eigenvalue weighted by Gasteiger charge is 2.52. The minimum absolute atomic E-state index is 0.0328. The Morgan fingerprint density at radius 3 is 2.27 bits per heavy atom. The molecule has 0 aliphatic heterocycles. The molecule has 2 aromatic rings. The first kappa shape index (κ1) is 18.2. The van der Waals surface area contributed by atoms with E-state index in [1.54, 1.807) is 0 Å². The van der Waals surface area contributed by atoms with Crippen LogP contribution in [0.5, 0.6) is 0 Å². The summed E-state index contributed by atoms with van der Waals surface area (Å²) in [7, 11) is 0. The summed E-state index contributed by atoms with van der Waals surface area (Å²) >= 11 is 0. The molecule has 1 amide bonds. The van der Waals surface area contributed by atoms with Crippen molar-refractivity contribution in [1.29, 1.82) is 0 Å². The molecule has 136 valence electrons. The third-order valence-electron chi connectivity index (χ3n) is 4.92. The van der Waals surface area contributed by atoms with Gasteiger partial charge in [-0.2, -0.15) is 0 Å². The molecule has 3 rings (SSSR count). The molecule has 1 atom stereocenters. The topological polar surface area (TPSA) is 55.4 Å². The van der Waals surface area contributed by atoms with E-state index in [2.05, 4.69) is 17.4 Å². The fraction of sp³-hybridized carbons (Fsp3) is 0.364. The van der Waals surface area contributed by atoms with Crippen molar-refractivity contribution >= 4 is 11.9 Å². The number of aryl methyl sites for hydroxylation is 1. The van der Waals surface area contributed by atoms with Crippen LogP contribution in [-0.4, -0.2) is 24.5 Å². The molecule has 0 aromatic heterocycles. The second kappa shape index (κ2) is 8.17. The Morgan fingerprint density at radius 1 is 1.04 bits per heavy atom. The summed E-state index contributed by atoms with van der Waals surface area (Å²) in [5, 5.41) is 2.90. The number of benzene rings is 2. The van der Waals surface area contributed by atoms with Crippen molar-refractivity contribution < 1.29 is 14.3 Å². The number of ether oxygens (including phenoxy) is 1. The number of carbonyl (C=O) groups is 2. The predicted molar refractivity (Wildman–Crippen MR) is 101 cm³/mol. The first-order valence-electron chi connectivity index (χ1n) is 9.16. The summed E-state index contributed by atoms with van der Waals surface area (Å²) in [5.74, 6) is -0.543. The van der Waals surface area contributed by atoms with Gasteiger partial charge in [-0.1, -0.05) is 60.7 Å². The number of nitrogens with one attached hydrogen (secondary N) is 1. The molecular weight excluding hydrogens is 326 g/mol. The lowest BCUT2D eigenvalue weighted by Crippen LogP contribution is -2.37. The van der Waals surface area contributed by atoms with Gasteiger partial charge in [0, 0.05) is 6.04 Å². The van der Waals surface area contributed by atoms with Crippen LogP contribution in [0.4, 0.5) is 0 Å². The van der Waals surface area contributed by atoms with Crippen LogP contribution in [0, 0.1) is 0 Å². The Hall–Kier alpha value is -2.62. The normalized spacial score (nSPS) is 15.7. The monoisotopic (exact) mass is 351 g/mol. The second-order valence-corrected chi connectivity index (χ2v) is 7.02. The zero-order chi connectivity index (χ0) is 18.4. The summed E-state index contributed by atoms with van der Waals surface area (Å²) < 4.78 is 5.30. The van der Waals surface area contributed by atoms with E-state index in [1.165, 1.54) is 5.56 Å². The zero-order valence-corrected chi connectivity index (χ0v) is 15.1. The van der Waals surface area contributed by atoms with Crippen LogP contribution < -0.4 is 5.32 Å². The van der Waals surface area contributed by atoms with E-state index in [0.717, 1.165) is 31.2 Å². The quantitative estimate of drug-likeness (QED) is 0.742. The van der Waals surface area contributed by atoms with Gasteiger partial charge in [-0.3, -0.25) is 9.59 Å². The largest absolute Gasteiger partial charge is 0.455 e. The number of carbonyl (C=O) groups excluding carboxylic acids is 2. The van der Waals surface area contributed by atoms with Gasteiger partial charge in [-0.15, -0.1) is 0 Å². The fourth-order valence-electron chi connectivity index (χ4n) is 3.18. The average molecular weight is 351 g/mol. The number of rotatable bonds is 8. The molecule has 0 spiro atoms. The highest BCUT2D eigenvalue weighted by molar-refractivity contribution is 5.89. The van der Waals surface area contributed by atoms with Crippen molar-refractivity contribution in [3.8, 4) is 0 Å². The maximum atomic E-state index is 12.4. The van der Waals surface area contributed by atoms with Crippen molar-refractivity contribution in [2.24, 2.45) is 0 Å². The molecule has 1 saturated carbocycles. The Bertz CT molecular complexity index is 738. The van der Waals surface area contributed by atoms with E-state index in [-0.39, 0.29) is 24.5 Å². The van der Waals surface area contributed by atoms with Crippen LogP contribution in [0.25, 0.3) is 0 Å². The van der Waals surface area contributed by atoms with Gasteiger partial charge in [0.05, 0.1) is 5.41 Å². The Labute approximate surface area is 154 Å². The standard InChI is InChI=1S/C22H25NO3/c1-17(12-13-18-8-4-2-5-9-18)23-20(24)16-26-21(25)22(14-15-22)19-10-6-3-7-11-19/h2-11,17H,12-16H2,1H3,(H,23,24)/t17-/m1/s1. The molecule has 0 saturated heterocycles. The average Bonchev–Trinajstić information content (AvgIpc) is 3.48. The number of hydrogen-bond donors (Lipinski definition) is 1. The maximum absolute atomic E-state index is 12.4. The molecule has 26 heavy (non-hydrogen) atoms. The van der Waals surface area contributed by atoms with Gasteiger partial charge in [0.1, 0.15) is 0 Å². The summed E-state index contributed by atoms with van der Waals surface area (Å²) in [6.07, 6.45) is 3.31. The highest BCUT2D eigenvalue weighted by atomic mass is 16.5. The lowest BCUT2D eigenvalue weighted by atomic mass is 9.96.